The number of carbonyl (C=O) groups excluding carboxylic acids is 1. The molecule has 2 rings (SSSR count). The zero-order chi connectivity index (χ0) is 12.5. The second-order valence-electron chi connectivity index (χ2n) is 5.00. The Kier molecular flexibility index (Phi) is 3.24. The average Bonchev–Trinajstić information content (AvgIpc) is 2.97. The molecular weight excluding hydrogens is 216 g/mol. The number of nitrogens with one attached hydrogen (secondary N) is 1. The maximum Gasteiger partial charge on any atom is 0.254 e. The lowest BCUT2D eigenvalue weighted by molar-refractivity contribution is -0.152. The number of rotatable bonds is 3. The van der Waals surface area contributed by atoms with E-state index in [-0.39, 0.29) is 11.9 Å². The Hall–Kier alpha value is -1.29. The van der Waals surface area contributed by atoms with Crippen LogP contribution in [0.15, 0.2) is 18.3 Å². The number of hydrogen-bond donors (Lipinski definition) is 1. The van der Waals surface area contributed by atoms with Gasteiger partial charge >= 0.3 is 0 Å². The minimum Gasteiger partial charge on any atom is -0.369 e. The molecule has 0 spiro atoms. The van der Waals surface area contributed by atoms with Gasteiger partial charge in [-0.05, 0) is 38.8 Å². The summed E-state index contributed by atoms with van der Waals surface area (Å²) in [5.74, 6) is 0.0668. The number of aromatic amines is 1. The molecule has 0 aromatic carbocycles. The lowest BCUT2D eigenvalue weighted by Gasteiger charge is -2.31. The van der Waals surface area contributed by atoms with E-state index in [9.17, 15) is 4.79 Å². The van der Waals surface area contributed by atoms with Crippen LogP contribution >= 0.6 is 0 Å². The van der Waals surface area contributed by atoms with E-state index in [0.717, 1.165) is 25.1 Å². The second kappa shape index (κ2) is 4.53. The quantitative estimate of drug-likeness (QED) is 0.873. The predicted octanol–water partition coefficient (Wildman–Crippen LogP) is 2.10. The molecule has 1 atom stereocenters. The highest BCUT2D eigenvalue weighted by molar-refractivity contribution is 5.85. The van der Waals surface area contributed by atoms with Crippen LogP contribution in [0, 0.1) is 0 Å². The summed E-state index contributed by atoms with van der Waals surface area (Å²) in [6.07, 6.45) is 3.97. The molecular formula is C13H20N2O2. The van der Waals surface area contributed by atoms with Crippen LogP contribution in [0.25, 0.3) is 0 Å². The van der Waals surface area contributed by atoms with Gasteiger partial charge in [-0.3, -0.25) is 4.79 Å². The lowest BCUT2D eigenvalue weighted by atomic mass is 10.1. The van der Waals surface area contributed by atoms with Crippen LogP contribution in [-0.2, 0) is 9.53 Å². The average molecular weight is 236 g/mol. The van der Waals surface area contributed by atoms with E-state index < -0.39 is 5.60 Å². The molecule has 4 nitrogen and oxygen atoms in total. The van der Waals surface area contributed by atoms with Crippen molar-refractivity contribution in [3.05, 3.63) is 24.0 Å². The highest BCUT2D eigenvalue weighted by Gasteiger charge is 2.38. The standard InChI is InChI=1S/C13H20N2O2/c1-13(2,17-3)12(16)15-9-5-7-11(15)10-6-4-8-14-10/h4,6,8,11,14H,5,7,9H2,1-3H3. The van der Waals surface area contributed by atoms with Crippen molar-refractivity contribution in [1.82, 2.24) is 9.88 Å². The van der Waals surface area contributed by atoms with E-state index in [1.165, 1.54) is 0 Å². The molecule has 1 N–H and O–H groups in total. The van der Waals surface area contributed by atoms with E-state index in [1.54, 1.807) is 7.11 Å². The van der Waals surface area contributed by atoms with Crippen LogP contribution in [0.3, 0.4) is 0 Å². The maximum absolute atomic E-state index is 12.4. The summed E-state index contributed by atoms with van der Waals surface area (Å²) < 4.78 is 5.28. The Balaban J connectivity index is 2.18. The van der Waals surface area contributed by atoms with Gasteiger partial charge in [0.2, 0.25) is 0 Å². The monoisotopic (exact) mass is 236 g/mol. The first kappa shape index (κ1) is 12.2. The number of nitrogens with zero attached hydrogens (tertiary/aromatic N) is 1. The highest BCUT2D eigenvalue weighted by atomic mass is 16.5. The fourth-order valence-corrected chi connectivity index (χ4v) is 2.32. The zero-order valence-electron chi connectivity index (χ0n) is 10.7. The predicted molar refractivity (Wildman–Crippen MR) is 65.6 cm³/mol. The van der Waals surface area contributed by atoms with Gasteiger partial charge in [0.25, 0.3) is 5.91 Å². The molecule has 1 unspecified atom stereocenters. The van der Waals surface area contributed by atoms with Crippen molar-refractivity contribution in [2.24, 2.45) is 0 Å². The lowest BCUT2D eigenvalue weighted by Crippen LogP contribution is -2.46. The number of likely N-dealkylation sites (tertiary alicyclic amines) is 1. The van der Waals surface area contributed by atoms with Gasteiger partial charge in [0, 0.05) is 25.5 Å². The Morgan fingerprint density at radius 2 is 2.35 bits per heavy atom. The number of amides is 1. The minimum atomic E-state index is -0.741. The highest BCUT2D eigenvalue weighted by Crippen LogP contribution is 2.33. The molecule has 0 bridgehead atoms. The molecule has 0 aliphatic carbocycles. The summed E-state index contributed by atoms with van der Waals surface area (Å²) in [5.41, 5.74) is 0.373. The third-order valence-electron chi connectivity index (χ3n) is 3.52. The van der Waals surface area contributed by atoms with Crippen LogP contribution < -0.4 is 0 Å². The molecule has 1 fully saturated rings. The first-order chi connectivity index (χ1) is 8.06. The fraction of sp³-hybridized carbons (Fsp3) is 0.615. The topological polar surface area (TPSA) is 45.3 Å². The number of H-pyrrole nitrogens is 1. The third-order valence-corrected chi connectivity index (χ3v) is 3.52. The van der Waals surface area contributed by atoms with Crippen molar-refractivity contribution in [2.45, 2.75) is 38.3 Å². The Labute approximate surface area is 102 Å². The van der Waals surface area contributed by atoms with Gasteiger partial charge in [-0.25, -0.2) is 0 Å². The summed E-state index contributed by atoms with van der Waals surface area (Å²) in [5, 5.41) is 0. The Morgan fingerprint density at radius 1 is 1.59 bits per heavy atom. The molecule has 1 aromatic heterocycles. The van der Waals surface area contributed by atoms with Crippen molar-refractivity contribution < 1.29 is 9.53 Å². The van der Waals surface area contributed by atoms with Gasteiger partial charge < -0.3 is 14.6 Å². The zero-order valence-corrected chi connectivity index (χ0v) is 10.7. The smallest absolute Gasteiger partial charge is 0.254 e. The number of methoxy groups -OCH3 is 1. The van der Waals surface area contributed by atoms with Crippen molar-refractivity contribution >= 4 is 5.91 Å². The van der Waals surface area contributed by atoms with E-state index >= 15 is 0 Å². The van der Waals surface area contributed by atoms with Crippen LogP contribution in [0.5, 0.6) is 0 Å². The third kappa shape index (κ3) is 2.22. The molecule has 1 aliphatic rings. The number of hydrogen-bond acceptors (Lipinski definition) is 2. The normalized spacial score (nSPS) is 20.9. The van der Waals surface area contributed by atoms with E-state index in [0.29, 0.717) is 0 Å². The van der Waals surface area contributed by atoms with Crippen molar-refractivity contribution in [3.8, 4) is 0 Å². The van der Waals surface area contributed by atoms with E-state index in [2.05, 4.69) is 4.98 Å². The van der Waals surface area contributed by atoms with Crippen LogP contribution in [0.4, 0.5) is 0 Å². The SMILES string of the molecule is COC(C)(C)C(=O)N1CCCC1c1ccc[nH]1. The summed E-state index contributed by atoms with van der Waals surface area (Å²) >= 11 is 0. The summed E-state index contributed by atoms with van der Waals surface area (Å²) in [4.78, 5) is 17.5. The largest absolute Gasteiger partial charge is 0.369 e. The van der Waals surface area contributed by atoms with E-state index in [4.69, 9.17) is 4.74 Å². The summed E-state index contributed by atoms with van der Waals surface area (Å²) in [6, 6.07) is 4.18. The van der Waals surface area contributed by atoms with Gasteiger partial charge in [0.05, 0.1) is 6.04 Å². The molecule has 4 heteroatoms. The number of ether oxygens (including phenoxy) is 1. The fourth-order valence-electron chi connectivity index (χ4n) is 2.32. The molecule has 2 heterocycles. The summed E-state index contributed by atoms with van der Waals surface area (Å²) in [7, 11) is 1.58. The molecule has 0 saturated carbocycles. The Bertz CT molecular complexity index is 384. The number of aromatic nitrogens is 1. The van der Waals surface area contributed by atoms with Gasteiger partial charge in [-0.15, -0.1) is 0 Å². The van der Waals surface area contributed by atoms with Crippen molar-refractivity contribution in [1.29, 1.82) is 0 Å². The van der Waals surface area contributed by atoms with E-state index in [1.807, 2.05) is 37.1 Å². The molecule has 1 saturated heterocycles. The molecule has 17 heavy (non-hydrogen) atoms. The molecule has 1 amide bonds. The molecule has 94 valence electrons. The molecule has 1 aromatic rings. The first-order valence-electron chi connectivity index (χ1n) is 6.06. The molecule has 0 radical (unpaired) electrons. The minimum absolute atomic E-state index is 0.0668. The van der Waals surface area contributed by atoms with Crippen LogP contribution in [-0.4, -0.2) is 35.0 Å². The molecule has 1 aliphatic heterocycles. The van der Waals surface area contributed by atoms with Gasteiger partial charge in [-0.1, -0.05) is 0 Å². The summed E-state index contributed by atoms with van der Waals surface area (Å²) in [6.45, 7) is 4.45. The van der Waals surface area contributed by atoms with Crippen LogP contribution in [0.2, 0.25) is 0 Å². The van der Waals surface area contributed by atoms with Gasteiger partial charge in [0.1, 0.15) is 5.60 Å². The van der Waals surface area contributed by atoms with Crippen LogP contribution in [0.1, 0.15) is 38.4 Å². The van der Waals surface area contributed by atoms with Crippen molar-refractivity contribution in [2.75, 3.05) is 13.7 Å². The van der Waals surface area contributed by atoms with Gasteiger partial charge in [-0.2, -0.15) is 0 Å². The second-order valence-corrected chi connectivity index (χ2v) is 5.00. The Morgan fingerprint density at radius 3 is 2.94 bits per heavy atom. The number of carbonyl (C=O) groups is 1. The maximum atomic E-state index is 12.4. The van der Waals surface area contributed by atoms with Gasteiger partial charge in [0.15, 0.2) is 0 Å². The first-order valence-corrected chi connectivity index (χ1v) is 6.06. The van der Waals surface area contributed by atoms with Crippen molar-refractivity contribution in [3.63, 3.8) is 0 Å².